The molecule has 0 aromatic heterocycles. The van der Waals surface area contributed by atoms with E-state index in [0.29, 0.717) is 11.3 Å². The van der Waals surface area contributed by atoms with E-state index in [1.54, 1.807) is 24.3 Å². The summed E-state index contributed by atoms with van der Waals surface area (Å²) >= 11 is 0. The number of carbonyl (C=O) groups is 1. The first-order valence-corrected chi connectivity index (χ1v) is 7.50. The van der Waals surface area contributed by atoms with E-state index in [1.807, 2.05) is 0 Å². The number of rotatable bonds is 6. The molecule has 0 bridgehead atoms. The summed E-state index contributed by atoms with van der Waals surface area (Å²) in [6, 6.07) is 10.9. The lowest BCUT2D eigenvalue weighted by Crippen LogP contribution is -2.32. The molecule has 0 spiro atoms. The highest BCUT2D eigenvalue weighted by Gasteiger charge is 2.31. The molecule has 2 amide bonds. The SMILES string of the molecule is COc1ccccc1[C@H](O)CNC(=O)Nc1cccc(OC(F)(F)F)c1. The van der Waals surface area contributed by atoms with Crippen LogP contribution in [-0.2, 0) is 0 Å². The van der Waals surface area contributed by atoms with Crippen molar-refractivity contribution in [1.29, 1.82) is 0 Å². The van der Waals surface area contributed by atoms with Gasteiger partial charge in [0.2, 0.25) is 0 Å². The number of anilines is 1. The minimum Gasteiger partial charge on any atom is -0.496 e. The molecule has 1 atom stereocenters. The average molecular weight is 370 g/mol. The van der Waals surface area contributed by atoms with Crippen molar-refractivity contribution in [3.63, 3.8) is 0 Å². The van der Waals surface area contributed by atoms with E-state index in [0.717, 1.165) is 12.1 Å². The number of hydrogen-bond acceptors (Lipinski definition) is 4. The zero-order valence-electron chi connectivity index (χ0n) is 13.7. The predicted octanol–water partition coefficient (Wildman–Crippen LogP) is 3.45. The van der Waals surface area contributed by atoms with Crippen molar-refractivity contribution in [3.05, 3.63) is 54.1 Å². The maximum Gasteiger partial charge on any atom is 0.573 e. The Kier molecular flexibility index (Phi) is 6.29. The number of para-hydroxylation sites is 1. The van der Waals surface area contributed by atoms with Crippen molar-refractivity contribution in [1.82, 2.24) is 5.32 Å². The summed E-state index contributed by atoms with van der Waals surface area (Å²) in [5, 5.41) is 14.9. The van der Waals surface area contributed by atoms with E-state index in [1.165, 1.54) is 19.2 Å². The van der Waals surface area contributed by atoms with E-state index in [4.69, 9.17) is 4.74 Å². The zero-order valence-corrected chi connectivity index (χ0v) is 13.7. The summed E-state index contributed by atoms with van der Waals surface area (Å²) in [4.78, 5) is 11.9. The van der Waals surface area contributed by atoms with Crippen LogP contribution in [0.1, 0.15) is 11.7 Å². The number of amides is 2. The van der Waals surface area contributed by atoms with Crippen molar-refractivity contribution in [3.8, 4) is 11.5 Å². The molecule has 2 aromatic carbocycles. The van der Waals surface area contributed by atoms with Crippen LogP contribution in [0, 0.1) is 0 Å². The summed E-state index contributed by atoms with van der Waals surface area (Å²) < 4.78 is 45.5. The fraction of sp³-hybridized carbons (Fsp3) is 0.235. The molecule has 3 N–H and O–H groups in total. The molecule has 9 heteroatoms. The van der Waals surface area contributed by atoms with Gasteiger partial charge < -0.3 is 25.2 Å². The fourth-order valence-electron chi connectivity index (χ4n) is 2.19. The van der Waals surface area contributed by atoms with Gasteiger partial charge in [0.25, 0.3) is 0 Å². The van der Waals surface area contributed by atoms with Gasteiger partial charge in [-0.3, -0.25) is 0 Å². The van der Waals surface area contributed by atoms with Gasteiger partial charge in [0, 0.05) is 23.9 Å². The van der Waals surface area contributed by atoms with Crippen LogP contribution in [0.15, 0.2) is 48.5 Å². The summed E-state index contributed by atoms with van der Waals surface area (Å²) in [6.45, 7) is -0.120. The third-order valence-corrected chi connectivity index (χ3v) is 3.28. The number of nitrogens with one attached hydrogen (secondary N) is 2. The third kappa shape index (κ3) is 5.85. The maximum atomic E-state index is 12.2. The zero-order chi connectivity index (χ0) is 19.2. The number of aliphatic hydroxyl groups excluding tert-OH is 1. The summed E-state index contributed by atoms with van der Waals surface area (Å²) in [5.41, 5.74) is 0.604. The lowest BCUT2D eigenvalue weighted by Gasteiger charge is -2.16. The number of alkyl halides is 3. The summed E-state index contributed by atoms with van der Waals surface area (Å²) in [5.74, 6) is 0.0172. The second-order valence-corrected chi connectivity index (χ2v) is 5.17. The number of urea groups is 1. The molecule has 0 saturated carbocycles. The molecule has 0 heterocycles. The molecule has 0 unspecified atom stereocenters. The predicted molar refractivity (Wildman–Crippen MR) is 88.1 cm³/mol. The van der Waals surface area contributed by atoms with E-state index >= 15 is 0 Å². The molecule has 140 valence electrons. The molecule has 0 saturated heterocycles. The topological polar surface area (TPSA) is 79.8 Å². The van der Waals surface area contributed by atoms with E-state index in [-0.39, 0.29) is 12.2 Å². The summed E-state index contributed by atoms with van der Waals surface area (Å²) in [7, 11) is 1.46. The van der Waals surface area contributed by atoms with Crippen molar-refractivity contribution in [2.45, 2.75) is 12.5 Å². The van der Waals surface area contributed by atoms with Crippen LogP contribution in [0.2, 0.25) is 0 Å². The van der Waals surface area contributed by atoms with Crippen LogP contribution in [0.25, 0.3) is 0 Å². The minimum absolute atomic E-state index is 0.107. The first-order valence-electron chi connectivity index (χ1n) is 7.50. The highest BCUT2D eigenvalue weighted by atomic mass is 19.4. The van der Waals surface area contributed by atoms with Gasteiger partial charge in [-0.25, -0.2) is 4.79 Å². The Bertz CT molecular complexity index is 753. The van der Waals surface area contributed by atoms with Crippen LogP contribution in [0.4, 0.5) is 23.7 Å². The van der Waals surface area contributed by atoms with Gasteiger partial charge in [-0.1, -0.05) is 24.3 Å². The Morgan fingerprint density at radius 1 is 1.19 bits per heavy atom. The highest BCUT2D eigenvalue weighted by Crippen LogP contribution is 2.25. The highest BCUT2D eigenvalue weighted by molar-refractivity contribution is 5.89. The number of benzene rings is 2. The number of carbonyl (C=O) groups excluding carboxylic acids is 1. The first-order chi connectivity index (χ1) is 12.3. The van der Waals surface area contributed by atoms with E-state index < -0.39 is 24.2 Å². The normalized spacial score (nSPS) is 12.2. The molecular formula is C17H17F3N2O4. The van der Waals surface area contributed by atoms with Gasteiger partial charge in [0.05, 0.1) is 13.2 Å². The van der Waals surface area contributed by atoms with Crippen LogP contribution in [-0.4, -0.2) is 31.2 Å². The Hall–Kier alpha value is -2.94. The Morgan fingerprint density at radius 2 is 1.92 bits per heavy atom. The number of aliphatic hydroxyl groups is 1. The summed E-state index contributed by atoms with van der Waals surface area (Å²) in [6.07, 6.45) is -5.84. The van der Waals surface area contributed by atoms with Crippen molar-refractivity contribution < 1.29 is 32.5 Å². The standard InChI is InChI=1S/C17H17F3N2O4/c1-25-15-8-3-2-7-13(15)14(23)10-21-16(24)22-11-5-4-6-12(9-11)26-17(18,19)20/h2-9,14,23H,10H2,1H3,(H2,21,22,24)/t14-/m1/s1. The largest absolute Gasteiger partial charge is 0.573 e. The van der Waals surface area contributed by atoms with Crippen molar-refractivity contribution in [2.24, 2.45) is 0 Å². The lowest BCUT2D eigenvalue weighted by atomic mass is 10.1. The molecule has 0 aliphatic heterocycles. The molecule has 6 nitrogen and oxygen atoms in total. The van der Waals surface area contributed by atoms with Gasteiger partial charge >= 0.3 is 12.4 Å². The van der Waals surface area contributed by atoms with Gasteiger partial charge in [-0.15, -0.1) is 13.2 Å². The molecule has 0 aliphatic rings. The Balaban J connectivity index is 1.92. The fourth-order valence-corrected chi connectivity index (χ4v) is 2.19. The molecular weight excluding hydrogens is 353 g/mol. The molecule has 2 aromatic rings. The molecule has 2 rings (SSSR count). The van der Waals surface area contributed by atoms with Crippen LogP contribution >= 0.6 is 0 Å². The number of hydrogen-bond donors (Lipinski definition) is 3. The third-order valence-electron chi connectivity index (χ3n) is 3.28. The second-order valence-electron chi connectivity index (χ2n) is 5.17. The van der Waals surface area contributed by atoms with Crippen molar-refractivity contribution in [2.75, 3.05) is 19.0 Å². The minimum atomic E-state index is -4.82. The van der Waals surface area contributed by atoms with Gasteiger partial charge in [0.15, 0.2) is 0 Å². The Morgan fingerprint density at radius 3 is 2.62 bits per heavy atom. The Labute approximate surface area is 147 Å². The maximum absolute atomic E-state index is 12.2. The van der Waals surface area contributed by atoms with Gasteiger partial charge in [-0.2, -0.15) is 0 Å². The molecule has 0 aliphatic carbocycles. The van der Waals surface area contributed by atoms with Crippen molar-refractivity contribution >= 4 is 11.7 Å². The molecule has 26 heavy (non-hydrogen) atoms. The molecule has 0 radical (unpaired) electrons. The van der Waals surface area contributed by atoms with Gasteiger partial charge in [0.1, 0.15) is 11.5 Å². The van der Waals surface area contributed by atoms with E-state index in [2.05, 4.69) is 15.4 Å². The average Bonchev–Trinajstić information content (AvgIpc) is 2.58. The quantitative estimate of drug-likeness (QED) is 0.728. The monoisotopic (exact) mass is 370 g/mol. The van der Waals surface area contributed by atoms with Crippen LogP contribution in [0.3, 0.4) is 0 Å². The molecule has 0 fully saturated rings. The van der Waals surface area contributed by atoms with Crippen LogP contribution in [0.5, 0.6) is 11.5 Å². The van der Waals surface area contributed by atoms with E-state index in [9.17, 15) is 23.1 Å². The number of methoxy groups -OCH3 is 1. The number of ether oxygens (including phenoxy) is 2. The van der Waals surface area contributed by atoms with Gasteiger partial charge in [-0.05, 0) is 18.2 Å². The van der Waals surface area contributed by atoms with Crippen LogP contribution < -0.4 is 20.1 Å². The smallest absolute Gasteiger partial charge is 0.496 e. The first kappa shape index (κ1) is 19.4. The lowest BCUT2D eigenvalue weighted by molar-refractivity contribution is -0.274. The second kappa shape index (κ2) is 8.43. The number of halogens is 3.